The first kappa shape index (κ1) is 22.6. The van der Waals surface area contributed by atoms with Crippen LogP contribution in [-0.2, 0) is 0 Å². The first-order chi connectivity index (χ1) is 17.5. The summed E-state index contributed by atoms with van der Waals surface area (Å²) in [7, 11) is 3.08. The predicted molar refractivity (Wildman–Crippen MR) is 124 cm³/mol. The Balaban J connectivity index is 1.50. The second kappa shape index (κ2) is 9.25. The van der Waals surface area contributed by atoms with Crippen LogP contribution in [0.2, 0.25) is 0 Å². The number of nitrogens with zero attached hydrogens (tertiary/aromatic N) is 6. The lowest BCUT2D eigenvalue weighted by Gasteiger charge is -2.09. The number of rotatable bonds is 7. The molecule has 0 aliphatic carbocycles. The van der Waals surface area contributed by atoms with Crippen molar-refractivity contribution in [3.63, 3.8) is 0 Å². The van der Waals surface area contributed by atoms with Gasteiger partial charge in [-0.3, -0.25) is 4.79 Å². The number of carbonyl (C=O) groups is 1. The number of aromatic nitrogens is 5. The number of anilines is 1. The summed E-state index contributed by atoms with van der Waals surface area (Å²) in [5.41, 5.74) is 10.4. The highest BCUT2D eigenvalue weighted by atomic mass is 16.7. The third-order valence-electron chi connectivity index (χ3n) is 5.35. The summed E-state index contributed by atoms with van der Waals surface area (Å²) >= 11 is 0. The van der Waals surface area contributed by atoms with Crippen LogP contribution in [0.1, 0.15) is 23.0 Å². The third kappa shape index (κ3) is 4.00. The van der Waals surface area contributed by atoms with Gasteiger partial charge in [0.15, 0.2) is 28.7 Å². The van der Waals surface area contributed by atoms with Gasteiger partial charge in [0.2, 0.25) is 18.4 Å². The Kier molecular flexibility index (Phi) is 5.82. The molecule has 0 fully saturated rings. The molecule has 2 aromatic carbocycles. The number of hydrazone groups is 1. The van der Waals surface area contributed by atoms with Crippen molar-refractivity contribution in [3.05, 3.63) is 47.7 Å². The number of benzene rings is 2. The van der Waals surface area contributed by atoms with E-state index in [0.717, 1.165) is 0 Å². The summed E-state index contributed by atoms with van der Waals surface area (Å²) < 4.78 is 27.4. The van der Waals surface area contributed by atoms with E-state index < -0.39 is 5.91 Å². The molecule has 1 aliphatic rings. The third-order valence-corrected chi connectivity index (χ3v) is 5.35. The van der Waals surface area contributed by atoms with E-state index in [4.69, 9.17) is 29.3 Å². The van der Waals surface area contributed by atoms with Crippen molar-refractivity contribution in [2.24, 2.45) is 5.10 Å². The van der Waals surface area contributed by atoms with Crippen LogP contribution in [0, 0.1) is 0 Å². The molecule has 0 saturated heterocycles. The SMILES string of the molecule is COc1ccc(C(C)=NNC(=O)c2nnn(-c3nonc3N)c2-c2ccc3c(c2)OCO3)cc1OC. The van der Waals surface area contributed by atoms with E-state index in [0.29, 0.717) is 39.8 Å². The van der Waals surface area contributed by atoms with Gasteiger partial charge >= 0.3 is 0 Å². The quantitative estimate of drug-likeness (QED) is 0.284. The fourth-order valence-corrected chi connectivity index (χ4v) is 3.54. The topological polar surface area (TPSA) is 174 Å². The largest absolute Gasteiger partial charge is 0.493 e. The number of ether oxygens (including phenoxy) is 4. The molecule has 3 N–H and O–H groups in total. The van der Waals surface area contributed by atoms with Crippen molar-refractivity contribution < 1.29 is 28.4 Å². The number of amides is 1. The molecule has 0 saturated carbocycles. The molecule has 0 radical (unpaired) electrons. The van der Waals surface area contributed by atoms with Crippen molar-refractivity contribution in [3.8, 4) is 40.1 Å². The van der Waals surface area contributed by atoms with E-state index in [-0.39, 0.29) is 29.8 Å². The first-order valence-electron chi connectivity index (χ1n) is 10.5. The van der Waals surface area contributed by atoms with Crippen LogP contribution in [0.4, 0.5) is 5.82 Å². The molecule has 0 spiro atoms. The van der Waals surface area contributed by atoms with Gasteiger partial charge in [-0.05, 0) is 53.6 Å². The fraction of sp³-hybridized carbons (Fsp3) is 0.182. The van der Waals surface area contributed by atoms with Crippen LogP contribution in [0.3, 0.4) is 0 Å². The zero-order chi connectivity index (χ0) is 25.2. The molecule has 1 amide bonds. The Morgan fingerprint density at radius 3 is 2.64 bits per heavy atom. The maximum atomic E-state index is 13.2. The number of nitrogen functional groups attached to an aromatic ring is 1. The number of carbonyl (C=O) groups excluding carboxylic acids is 1. The van der Waals surface area contributed by atoms with Crippen molar-refractivity contribution in [2.75, 3.05) is 26.7 Å². The van der Waals surface area contributed by atoms with Crippen LogP contribution in [0.5, 0.6) is 23.0 Å². The number of methoxy groups -OCH3 is 2. The van der Waals surface area contributed by atoms with Gasteiger partial charge in [-0.1, -0.05) is 5.21 Å². The Morgan fingerprint density at radius 2 is 1.89 bits per heavy atom. The summed E-state index contributed by atoms with van der Waals surface area (Å²) in [6.45, 7) is 1.83. The maximum Gasteiger partial charge on any atom is 0.294 e. The lowest BCUT2D eigenvalue weighted by atomic mass is 10.1. The number of nitrogens with one attached hydrogen (secondary N) is 1. The number of nitrogens with two attached hydrogens (primary N) is 1. The Bertz CT molecular complexity index is 1480. The van der Waals surface area contributed by atoms with Crippen molar-refractivity contribution in [2.45, 2.75) is 6.92 Å². The summed E-state index contributed by atoms with van der Waals surface area (Å²) in [5.74, 6) is 1.59. The fourth-order valence-electron chi connectivity index (χ4n) is 3.54. The molecule has 36 heavy (non-hydrogen) atoms. The highest BCUT2D eigenvalue weighted by Crippen LogP contribution is 2.37. The molecule has 14 heteroatoms. The predicted octanol–water partition coefficient (Wildman–Crippen LogP) is 1.80. The monoisotopic (exact) mass is 492 g/mol. The van der Waals surface area contributed by atoms with Crippen LogP contribution >= 0.6 is 0 Å². The smallest absolute Gasteiger partial charge is 0.294 e. The summed E-state index contributed by atoms with van der Waals surface area (Å²) in [5, 5.41) is 19.7. The Hall–Kier alpha value is -5.14. The molecule has 3 heterocycles. The molecular formula is C22H20N8O6. The second-order valence-electron chi connectivity index (χ2n) is 7.45. The van der Waals surface area contributed by atoms with Crippen molar-refractivity contribution >= 4 is 17.4 Å². The van der Waals surface area contributed by atoms with Gasteiger partial charge < -0.3 is 24.7 Å². The number of hydrogen-bond acceptors (Lipinski definition) is 12. The minimum atomic E-state index is -0.622. The van der Waals surface area contributed by atoms with Gasteiger partial charge in [0.05, 0.1) is 19.9 Å². The zero-order valence-corrected chi connectivity index (χ0v) is 19.4. The minimum Gasteiger partial charge on any atom is -0.493 e. The molecule has 0 atom stereocenters. The van der Waals surface area contributed by atoms with Crippen molar-refractivity contribution in [1.82, 2.24) is 30.7 Å². The van der Waals surface area contributed by atoms with E-state index in [1.54, 1.807) is 50.4 Å². The average Bonchev–Trinajstić information content (AvgIpc) is 3.65. The molecule has 0 unspecified atom stereocenters. The lowest BCUT2D eigenvalue weighted by molar-refractivity contribution is 0.0950. The van der Waals surface area contributed by atoms with Crippen LogP contribution in [-0.4, -0.2) is 57.9 Å². The molecule has 184 valence electrons. The maximum absolute atomic E-state index is 13.2. The molecule has 2 aromatic heterocycles. The van der Waals surface area contributed by atoms with Gasteiger partial charge in [0, 0.05) is 11.1 Å². The van der Waals surface area contributed by atoms with Gasteiger partial charge in [-0.2, -0.15) is 9.78 Å². The van der Waals surface area contributed by atoms with Crippen LogP contribution in [0.25, 0.3) is 17.1 Å². The van der Waals surface area contributed by atoms with Gasteiger partial charge in [-0.15, -0.1) is 5.10 Å². The van der Waals surface area contributed by atoms with Crippen molar-refractivity contribution in [1.29, 1.82) is 0 Å². The number of hydrogen-bond donors (Lipinski definition) is 2. The molecule has 1 aliphatic heterocycles. The molecular weight excluding hydrogens is 472 g/mol. The molecule has 0 bridgehead atoms. The molecule has 14 nitrogen and oxygen atoms in total. The zero-order valence-electron chi connectivity index (χ0n) is 19.4. The lowest BCUT2D eigenvalue weighted by Crippen LogP contribution is -2.21. The first-order valence-corrected chi connectivity index (χ1v) is 10.5. The average molecular weight is 492 g/mol. The van der Waals surface area contributed by atoms with E-state index in [9.17, 15) is 4.79 Å². The van der Waals surface area contributed by atoms with Gasteiger partial charge in [0.1, 0.15) is 5.69 Å². The van der Waals surface area contributed by atoms with Gasteiger partial charge in [-0.25, -0.2) is 10.1 Å². The van der Waals surface area contributed by atoms with E-state index in [1.807, 2.05) is 0 Å². The normalized spacial score (nSPS) is 12.5. The molecule has 4 aromatic rings. The summed E-state index contributed by atoms with van der Waals surface area (Å²) in [6, 6.07) is 10.4. The van der Waals surface area contributed by atoms with Gasteiger partial charge in [0.25, 0.3) is 5.91 Å². The summed E-state index contributed by atoms with van der Waals surface area (Å²) in [4.78, 5) is 13.2. The van der Waals surface area contributed by atoms with Crippen LogP contribution in [0.15, 0.2) is 46.1 Å². The van der Waals surface area contributed by atoms with E-state index >= 15 is 0 Å². The molecule has 5 rings (SSSR count). The highest BCUT2D eigenvalue weighted by molar-refractivity contribution is 6.02. The van der Waals surface area contributed by atoms with E-state index in [2.05, 4.69) is 31.2 Å². The minimum absolute atomic E-state index is 0.0313. The Morgan fingerprint density at radius 1 is 1.08 bits per heavy atom. The number of fused-ring (bicyclic) bond motifs is 1. The van der Waals surface area contributed by atoms with Crippen LogP contribution < -0.4 is 30.1 Å². The standard InChI is InChI=1S/C22H20N8O6/c1-11(12-4-6-14(32-2)16(8-12)33-3)24-26-22(31)18-19(13-5-7-15-17(9-13)35-10-34-15)30(29-25-18)21-20(23)27-36-28-21/h4-9H,10H2,1-3H3,(H2,23,27)(H,26,31). The van der Waals surface area contributed by atoms with E-state index in [1.165, 1.54) is 11.8 Å². The highest BCUT2D eigenvalue weighted by Gasteiger charge is 2.27. The second-order valence-corrected chi connectivity index (χ2v) is 7.45. The summed E-state index contributed by atoms with van der Waals surface area (Å²) in [6.07, 6.45) is 0. The Labute approximate surface area is 203 Å².